The van der Waals surface area contributed by atoms with Gasteiger partial charge < -0.3 is 15.4 Å². The number of carbonyl (C=O) groups excluding carboxylic acids is 2. The van der Waals surface area contributed by atoms with Gasteiger partial charge in [-0.3, -0.25) is 14.5 Å². The Labute approximate surface area is 143 Å². The number of nitrogens with one attached hydrogen (secondary N) is 2. The van der Waals surface area contributed by atoms with Gasteiger partial charge in [-0.15, -0.1) is 0 Å². The van der Waals surface area contributed by atoms with E-state index in [-0.39, 0.29) is 24.5 Å². The van der Waals surface area contributed by atoms with E-state index in [9.17, 15) is 9.59 Å². The summed E-state index contributed by atoms with van der Waals surface area (Å²) in [5, 5.41) is 6.19. The summed E-state index contributed by atoms with van der Waals surface area (Å²) in [6.45, 7) is 8.06. The first-order valence-corrected chi connectivity index (χ1v) is 8.65. The molecule has 24 heavy (non-hydrogen) atoms. The van der Waals surface area contributed by atoms with Crippen molar-refractivity contribution in [2.75, 3.05) is 45.9 Å². The van der Waals surface area contributed by atoms with Gasteiger partial charge in [0.15, 0.2) is 5.78 Å². The number of hydrogen-bond acceptors (Lipinski definition) is 5. The summed E-state index contributed by atoms with van der Waals surface area (Å²) in [4.78, 5) is 26.3. The molecule has 0 spiro atoms. The molecule has 1 saturated heterocycles. The van der Waals surface area contributed by atoms with Crippen molar-refractivity contribution < 1.29 is 14.3 Å². The van der Waals surface area contributed by atoms with Crippen LogP contribution >= 0.6 is 0 Å². The van der Waals surface area contributed by atoms with E-state index in [0.29, 0.717) is 18.7 Å². The minimum atomic E-state index is -0.0654. The van der Waals surface area contributed by atoms with Crippen LogP contribution in [0.2, 0.25) is 0 Å². The van der Waals surface area contributed by atoms with Crippen molar-refractivity contribution in [1.82, 2.24) is 15.5 Å². The van der Waals surface area contributed by atoms with Crippen LogP contribution in [-0.2, 0) is 4.79 Å². The molecule has 0 bridgehead atoms. The largest absolute Gasteiger partial charge is 0.494 e. The molecule has 6 nitrogen and oxygen atoms in total. The molecule has 1 aliphatic rings. The number of ketones is 1. The van der Waals surface area contributed by atoms with E-state index >= 15 is 0 Å². The second-order valence-corrected chi connectivity index (χ2v) is 5.82. The summed E-state index contributed by atoms with van der Waals surface area (Å²) in [7, 11) is 0. The highest BCUT2D eigenvalue weighted by atomic mass is 16.5. The van der Waals surface area contributed by atoms with Crippen LogP contribution in [0.5, 0.6) is 5.75 Å². The molecule has 0 aliphatic carbocycles. The van der Waals surface area contributed by atoms with E-state index in [1.165, 1.54) is 0 Å². The highest BCUT2D eigenvalue weighted by Gasteiger charge is 2.11. The highest BCUT2D eigenvalue weighted by molar-refractivity contribution is 5.98. The summed E-state index contributed by atoms with van der Waals surface area (Å²) in [5.41, 5.74) is 0.618. The van der Waals surface area contributed by atoms with Gasteiger partial charge in [0.05, 0.1) is 6.61 Å². The van der Waals surface area contributed by atoms with Crippen molar-refractivity contribution in [3.8, 4) is 5.75 Å². The summed E-state index contributed by atoms with van der Waals surface area (Å²) in [6.07, 6.45) is 0.459. The van der Waals surface area contributed by atoms with Gasteiger partial charge in [-0.25, -0.2) is 0 Å². The number of amides is 1. The lowest BCUT2D eigenvalue weighted by atomic mass is 10.1. The van der Waals surface area contributed by atoms with E-state index in [1.54, 1.807) is 24.3 Å². The first kappa shape index (κ1) is 18.4. The van der Waals surface area contributed by atoms with Crippen LogP contribution in [0.1, 0.15) is 30.1 Å². The molecule has 132 valence electrons. The third-order valence-electron chi connectivity index (χ3n) is 4.03. The third-order valence-corrected chi connectivity index (χ3v) is 4.03. The third kappa shape index (κ3) is 6.29. The topological polar surface area (TPSA) is 70.7 Å². The van der Waals surface area contributed by atoms with Gasteiger partial charge >= 0.3 is 0 Å². The Morgan fingerprint density at radius 1 is 1.17 bits per heavy atom. The Balaban J connectivity index is 1.64. The number of benzene rings is 1. The molecule has 0 unspecified atom stereocenters. The smallest absolute Gasteiger partial charge is 0.220 e. The molecule has 0 saturated carbocycles. The fourth-order valence-electron chi connectivity index (χ4n) is 2.65. The lowest BCUT2D eigenvalue weighted by Gasteiger charge is -2.27. The summed E-state index contributed by atoms with van der Waals surface area (Å²) in [6, 6.07) is 7.06. The molecule has 6 heteroatoms. The molecule has 1 fully saturated rings. The van der Waals surface area contributed by atoms with Crippen LogP contribution in [0.25, 0.3) is 0 Å². The Morgan fingerprint density at radius 3 is 2.54 bits per heavy atom. The van der Waals surface area contributed by atoms with Crippen LogP contribution in [0.4, 0.5) is 0 Å². The monoisotopic (exact) mass is 333 g/mol. The average Bonchev–Trinajstić information content (AvgIpc) is 2.61. The average molecular weight is 333 g/mol. The molecular weight excluding hydrogens is 306 g/mol. The van der Waals surface area contributed by atoms with E-state index in [4.69, 9.17) is 4.74 Å². The molecule has 1 aromatic carbocycles. The maximum Gasteiger partial charge on any atom is 0.220 e. The Kier molecular flexibility index (Phi) is 7.71. The second kappa shape index (κ2) is 10.1. The normalized spacial score (nSPS) is 15.0. The summed E-state index contributed by atoms with van der Waals surface area (Å²) in [5.74, 6) is 0.666. The quantitative estimate of drug-likeness (QED) is 0.662. The zero-order chi connectivity index (χ0) is 17.2. The van der Waals surface area contributed by atoms with Crippen molar-refractivity contribution >= 4 is 11.7 Å². The minimum absolute atomic E-state index is 0.0182. The Bertz CT molecular complexity index is 525. The molecular formula is C18H27N3O3. The van der Waals surface area contributed by atoms with Gasteiger partial charge in [-0.05, 0) is 31.2 Å². The minimum Gasteiger partial charge on any atom is -0.494 e. The lowest BCUT2D eigenvalue weighted by molar-refractivity contribution is -0.121. The predicted octanol–water partition coefficient (Wildman–Crippen LogP) is 1.07. The number of ether oxygens (including phenoxy) is 1. The van der Waals surface area contributed by atoms with Crippen LogP contribution in [-0.4, -0.2) is 62.5 Å². The molecule has 1 amide bonds. The first-order valence-electron chi connectivity index (χ1n) is 8.65. The molecule has 0 atom stereocenters. The van der Waals surface area contributed by atoms with Crippen molar-refractivity contribution in [3.63, 3.8) is 0 Å². The Morgan fingerprint density at radius 2 is 1.88 bits per heavy atom. The van der Waals surface area contributed by atoms with Crippen LogP contribution < -0.4 is 15.4 Å². The molecule has 0 radical (unpaired) electrons. The first-order chi connectivity index (χ1) is 11.7. The van der Waals surface area contributed by atoms with Gasteiger partial charge in [0.1, 0.15) is 5.75 Å². The maximum atomic E-state index is 12.1. The summed E-state index contributed by atoms with van der Waals surface area (Å²) >= 11 is 0. The van der Waals surface area contributed by atoms with Gasteiger partial charge in [0, 0.05) is 57.7 Å². The highest BCUT2D eigenvalue weighted by Crippen LogP contribution is 2.14. The number of rotatable bonds is 9. The van der Waals surface area contributed by atoms with E-state index < -0.39 is 0 Å². The van der Waals surface area contributed by atoms with Crippen LogP contribution in [0.15, 0.2) is 24.3 Å². The van der Waals surface area contributed by atoms with Gasteiger partial charge in [0.25, 0.3) is 0 Å². The lowest BCUT2D eigenvalue weighted by Crippen LogP contribution is -2.46. The number of hydrogen-bond donors (Lipinski definition) is 2. The van der Waals surface area contributed by atoms with Crippen LogP contribution in [0, 0.1) is 0 Å². The summed E-state index contributed by atoms with van der Waals surface area (Å²) < 4.78 is 5.35. The zero-order valence-corrected chi connectivity index (χ0v) is 14.3. The molecule has 2 N–H and O–H groups in total. The van der Waals surface area contributed by atoms with Crippen molar-refractivity contribution in [2.24, 2.45) is 0 Å². The fraction of sp³-hybridized carbons (Fsp3) is 0.556. The van der Waals surface area contributed by atoms with E-state index in [1.807, 2.05) is 6.92 Å². The molecule has 1 heterocycles. The van der Waals surface area contributed by atoms with Crippen molar-refractivity contribution in [2.45, 2.75) is 19.8 Å². The Hall–Kier alpha value is -1.92. The maximum absolute atomic E-state index is 12.1. The van der Waals surface area contributed by atoms with Gasteiger partial charge in [-0.2, -0.15) is 0 Å². The van der Waals surface area contributed by atoms with E-state index in [0.717, 1.165) is 38.5 Å². The standard InChI is InChI=1S/C18H27N3O3/c1-2-24-16-5-3-15(4-6-16)17(22)7-8-18(23)20-11-14-21-12-9-19-10-13-21/h3-6,19H,2,7-14H2,1H3,(H,20,23). The van der Waals surface area contributed by atoms with Crippen molar-refractivity contribution in [1.29, 1.82) is 0 Å². The molecule has 2 rings (SSSR count). The number of nitrogens with zero attached hydrogens (tertiary/aromatic N) is 1. The number of Topliss-reactive ketones (excluding diaryl/α,β-unsaturated/α-hetero) is 1. The number of carbonyl (C=O) groups is 2. The SMILES string of the molecule is CCOc1ccc(C(=O)CCC(=O)NCCN2CCNCC2)cc1. The zero-order valence-electron chi connectivity index (χ0n) is 14.3. The molecule has 1 aromatic rings. The predicted molar refractivity (Wildman–Crippen MR) is 93.5 cm³/mol. The number of piperazine rings is 1. The fourth-order valence-corrected chi connectivity index (χ4v) is 2.65. The van der Waals surface area contributed by atoms with Gasteiger partial charge in [-0.1, -0.05) is 0 Å². The second-order valence-electron chi connectivity index (χ2n) is 5.82. The van der Waals surface area contributed by atoms with E-state index in [2.05, 4.69) is 15.5 Å². The molecule has 0 aromatic heterocycles. The van der Waals surface area contributed by atoms with Crippen molar-refractivity contribution in [3.05, 3.63) is 29.8 Å². The van der Waals surface area contributed by atoms with Crippen LogP contribution in [0.3, 0.4) is 0 Å². The molecule has 1 aliphatic heterocycles. The van der Waals surface area contributed by atoms with Gasteiger partial charge in [0.2, 0.25) is 5.91 Å².